The van der Waals surface area contributed by atoms with E-state index in [0.717, 1.165) is 25.7 Å². The summed E-state index contributed by atoms with van der Waals surface area (Å²) >= 11 is 0. The highest BCUT2D eigenvalue weighted by molar-refractivity contribution is 6.22. The highest BCUT2D eigenvalue weighted by Crippen LogP contribution is 2.33. The summed E-state index contributed by atoms with van der Waals surface area (Å²) in [7, 11) is 0. The molecule has 0 saturated carbocycles. The van der Waals surface area contributed by atoms with E-state index in [0.29, 0.717) is 25.7 Å². The minimum Gasteiger partial charge on any atom is -0.462 e. The molecule has 348 valence electrons. The fourth-order valence-corrected chi connectivity index (χ4v) is 8.69. The number of ether oxygens (including phenoxy) is 4. The monoisotopic (exact) mass is 863 g/mol. The van der Waals surface area contributed by atoms with E-state index in [-0.39, 0.29) is 88.4 Å². The highest BCUT2D eigenvalue weighted by Gasteiger charge is 2.38. The number of hydrogen-bond donors (Lipinski definition) is 0. The van der Waals surface area contributed by atoms with Crippen LogP contribution in [-0.2, 0) is 18.9 Å². The Morgan fingerprint density at radius 1 is 0.419 bits per heavy atom. The van der Waals surface area contributed by atoms with Gasteiger partial charge in [0.15, 0.2) is 5.78 Å². The van der Waals surface area contributed by atoms with Gasteiger partial charge in [0.25, 0.3) is 0 Å². The maximum Gasteiger partial charge on any atom is 0.339 e. The summed E-state index contributed by atoms with van der Waals surface area (Å²) in [5.41, 5.74) is -1.70. The topological polar surface area (TPSA) is 122 Å². The fourth-order valence-electron chi connectivity index (χ4n) is 8.69. The van der Waals surface area contributed by atoms with Crippen molar-refractivity contribution < 1.29 is 42.9 Å². The van der Waals surface area contributed by atoms with Crippen LogP contribution in [0.1, 0.15) is 219 Å². The van der Waals surface area contributed by atoms with Gasteiger partial charge in [0.05, 0.1) is 48.7 Å². The first-order valence-electron chi connectivity index (χ1n) is 23.0. The molecule has 2 aromatic carbocycles. The van der Waals surface area contributed by atoms with Crippen LogP contribution in [0.2, 0.25) is 0 Å². The van der Waals surface area contributed by atoms with Gasteiger partial charge in [-0.1, -0.05) is 141 Å². The van der Waals surface area contributed by atoms with Gasteiger partial charge in [-0.05, 0) is 103 Å². The lowest BCUT2D eigenvalue weighted by molar-refractivity contribution is 0.0394. The third kappa shape index (κ3) is 20.0. The molecule has 2 rings (SSSR count). The second-order valence-electron chi connectivity index (χ2n) is 23.0. The van der Waals surface area contributed by atoms with Gasteiger partial charge in [0.2, 0.25) is 0 Å². The zero-order chi connectivity index (χ0) is 47.2. The average Bonchev–Trinajstić information content (AvgIpc) is 3.10. The van der Waals surface area contributed by atoms with Crippen molar-refractivity contribution >= 4 is 29.7 Å². The Labute approximate surface area is 375 Å². The molecule has 0 spiro atoms. The molecule has 0 heterocycles. The van der Waals surface area contributed by atoms with E-state index >= 15 is 0 Å². The minimum atomic E-state index is -1.04. The van der Waals surface area contributed by atoms with Crippen LogP contribution in [0, 0.1) is 45.3 Å². The molecule has 0 radical (unpaired) electrons. The number of ketones is 1. The molecule has 0 fully saturated rings. The lowest BCUT2D eigenvalue weighted by Gasteiger charge is -2.24. The Bertz CT molecular complexity index is 1780. The largest absolute Gasteiger partial charge is 0.462 e. The van der Waals surface area contributed by atoms with Crippen molar-refractivity contribution in [3.63, 3.8) is 0 Å². The van der Waals surface area contributed by atoms with Gasteiger partial charge in [-0.3, -0.25) is 4.79 Å². The Morgan fingerprint density at radius 2 is 0.710 bits per heavy atom. The molecule has 4 unspecified atom stereocenters. The standard InChI is InChI=1S/C53H82O9/c1-35(31-50(5,6)7)22-26-59-46(55)41-30-40(45(54)39-20-18-17-19-21-39)42(47(56)60-27-23-36(2)32-51(8,9)10)44(49(58)62-29-25-38(4)34-53(14,15)16)43(41)48(57)61-28-24-37(3)33-52(11,12)13/h17-21,30,35-38H,22-29,31-34H2,1-16H3. The molecule has 62 heavy (non-hydrogen) atoms. The van der Waals surface area contributed by atoms with Crippen LogP contribution < -0.4 is 0 Å². The third-order valence-corrected chi connectivity index (χ3v) is 10.7. The molecule has 0 bridgehead atoms. The summed E-state index contributed by atoms with van der Waals surface area (Å²) < 4.78 is 23.5. The zero-order valence-electron chi connectivity index (χ0n) is 41.4. The van der Waals surface area contributed by atoms with Crippen LogP contribution in [-0.4, -0.2) is 56.1 Å². The molecule has 0 saturated heterocycles. The van der Waals surface area contributed by atoms with E-state index in [1.165, 1.54) is 6.07 Å². The summed E-state index contributed by atoms with van der Waals surface area (Å²) in [6, 6.07) is 9.45. The van der Waals surface area contributed by atoms with Gasteiger partial charge in [0.1, 0.15) is 0 Å². The van der Waals surface area contributed by atoms with Crippen molar-refractivity contribution in [1.82, 2.24) is 0 Å². The summed E-state index contributed by atoms with van der Waals surface area (Å²) in [6.45, 7) is 34.0. The molecular weight excluding hydrogens is 781 g/mol. The zero-order valence-corrected chi connectivity index (χ0v) is 41.4. The molecule has 9 heteroatoms. The Morgan fingerprint density at radius 3 is 1.03 bits per heavy atom. The predicted molar refractivity (Wildman–Crippen MR) is 249 cm³/mol. The number of carbonyl (C=O) groups excluding carboxylic acids is 5. The van der Waals surface area contributed by atoms with Crippen LogP contribution in [0.15, 0.2) is 36.4 Å². The van der Waals surface area contributed by atoms with Crippen LogP contribution in [0.25, 0.3) is 0 Å². The first-order chi connectivity index (χ1) is 28.5. The Kier molecular flexibility index (Phi) is 20.6. The number of hydrogen-bond acceptors (Lipinski definition) is 9. The Balaban J connectivity index is 2.89. The van der Waals surface area contributed by atoms with Gasteiger partial charge in [-0.15, -0.1) is 0 Å². The fraction of sp³-hybridized carbons (Fsp3) is 0.679. The van der Waals surface area contributed by atoms with Crippen molar-refractivity contribution in [3.05, 3.63) is 69.8 Å². The van der Waals surface area contributed by atoms with Crippen molar-refractivity contribution in [1.29, 1.82) is 0 Å². The lowest BCUT2D eigenvalue weighted by Crippen LogP contribution is -2.28. The van der Waals surface area contributed by atoms with Crippen LogP contribution in [0.4, 0.5) is 0 Å². The molecule has 0 aliphatic rings. The first kappa shape index (κ1) is 54.1. The molecule has 2 aromatic rings. The molecule has 0 aliphatic heterocycles. The van der Waals surface area contributed by atoms with Gasteiger partial charge in [-0.25, -0.2) is 19.2 Å². The molecule has 4 atom stereocenters. The smallest absolute Gasteiger partial charge is 0.339 e. The molecular formula is C53H82O9. The van der Waals surface area contributed by atoms with E-state index in [1.54, 1.807) is 30.3 Å². The van der Waals surface area contributed by atoms with Crippen molar-refractivity contribution in [2.45, 2.75) is 162 Å². The number of carbonyl (C=O) groups is 5. The normalized spacial score (nSPS) is 14.3. The number of esters is 4. The summed E-state index contributed by atoms with van der Waals surface area (Å²) in [5.74, 6) is -3.80. The SMILES string of the molecule is CC(CCOC(=O)c1cc(C(=O)c2ccccc2)c(C(=O)OCCC(C)CC(C)(C)C)c(C(=O)OCCC(C)CC(C)(C)C)c1C(=O)OCCC(C)CC(C)(C)C)CC(C)(C)C. The van der Waals surface area contributed by atoms with Gasteiger partial charge >= 0.3 is 23.9 Å². The van der Waals surface area contributed by atoms with Crippen molar-refractivity contribution in [2.75, 3.05) is 26.4 Å². The maximum atomic E-state index is 14.7. The maximum absolute atomic E-state index is 14.7. The van der Waals surface area contributed by atoms with Crippen molar-refractivity contribution in [3.8, 4) is 0 Å². The quantitative estimate of drug-likeness (QED) is 0.0647. The molecule has 0 aromatic heterocycles. The molecule has 0 N–H and O–H groups in total. The lowest BCUT2D eigenvalue weighted by atomic mass is 9.84. The second kappa shape index (κ2) is 23.6. The van der Waals surface area contributed by atoms with E-state index in [1.807, 2.05) is 0 Å². The average molecular weight is 863 g/mol. The predicted octanol–water partition coefficient (Wildman–Crippen LogP) is 13.4. The van der Waals surface area contributed by atoms with Crippen LogP contribution >= 0.6 is 0 Å². The summed E-state index contributed by atoms with van der Waals surface area (Å²) in [4.78, 5) is 72.6. The van der Waals surface area contributed by atoms with Gasteiger partial charge in [0, 0.05) is 11.1 Å². The summed E-state index contributed by atoms with van der Waals surface area (Å²) in [6.07, 6.45) is 5.61. The van der Waals surface area contributed by atoms with Crippen LogP contribution in [0.3, 0.4) is 0 Å². The van der Waals surface area contributed by atoms with E-state index < -0.39 is 46.4 Å². The molecule has 0 amide bonds. The van der Waals surface area contributed by atoms with Crippen molar-refractivity contribution in [2.24, 2.45) is 45.3 Å². The second-order valence-corrected chi connectivity index (χ2v) is 23.0. The number of rotatable bonds is 22. The van der Waals surface area contributed by atoms with Gasteiger partial charge in [-0.2, -0.15) is 0 Å². The minimum absolute atomic E-state index is 0.00413. The van der Waals surface area contributed by atoms with E-state index in [4.69, 9.17) is 18.9 Å². The van der Waals surface area contributed by atoms with Gasteiger partial charge < -0.3 is 18.9 Å². The highest BCUT2D eigenvalue weighted by atomic mass is 16.5. The molecule has 9 nitrogen and oxygen atoms in total. The first-order valence-corrected chi connectivity index (χ1v) is 23.0. The molecule has 0 aliphatic carbocycles. The van der Waals surface area contributed by atoms with Crippen LogP contribution in [0.5, 0.6) is 0 Å². The Hall–Kier alpha value is -4.01. The van der Waals surface area contributed by atoms with E-state index in [2.05, 4.69) is 111 Å². The number of benzene rings is 2. The van der Waals surface area contributed by atoms with E-state index in [9.17, 15) is 24.0 Å². The third-order valence-electron chi connectivity index (χ3n) is 10.7. The summed E-state index contributed by atoms with van der Waals surface area (Å²) in [5, 5.41) is 0.